The Bertz CT molecular complexity index is 775. The van der Waals surface area contributed by atoms with E-state index in [0.717, 1.165) is 16.3 Å². The monoisotopic (exact) mass is 292 g/mol. The van der Waals surface area contributed by atoms with Crippen LogP contribution in [0.3, 0.4) is 0 Å². The molecule has 3 nitrogen and oxygen atoms in total. The number of ether oxygens (including phenoxy) is 1. The van der Waals surface area contributed by atoms with Gasteiger partial charge in [0.1, 0.15) is 23.4 Å². The molecule has 0 amide bonds. The highest BCUT2D eigenvalue weighted by Gasteiger charge is 2.06. The first-order valence-electron chi connectivity index (χ1n) is 6.48. The molecule has 4 heteroatoms. The molecule has 0 saturated heterocycles. The predicted molar refractivity (Wildman–Crippen MR) is 83.0 cm³/mol. The number of rotatable bonds is 4. The molecular weight excluding hydrogens is 280 g/mol. The Morgan fingerprint density at radius 3 is 2.62 bits per heavy atom. The minimum Gasteiger partial charge on any atom is -0.486 e. The fourth-order valence-electron chi connectivity index (χ4n) is 1.92. The smallest absolute Gasteiger partial charge is 0.137 e. The van der Waals surface area contributed by atoms with E-state index in [-0.39, 0.29) is 0 Å². The molecule has 0 atom stereocenters. The molecule has 0 unspecified atom stereocenters. The van der Waals surface area contributed by atoms with Crippen LogP contribution in [0.5, 0.6) is 5.75 Å². The third kappa shape index (κ3) is 3.10. The molecule has 3 rings (SSSR count). The van der Waals surface area contributed by atoms with Crippen LogP contribution in [0, 0.1) is 11.3 Å². The summed E-state index contributed by atoms with van der Waals surface area (Å²) in [5.74, 6) is 0.592. The first-order valence-corrected chi connectivity index (χ1v) is 7.36. The molecule has 21 heavy (non-hydrogen) atoms. The molecule has 0 bridgehead atoms. The molecule has 0 saturated carbocycles. The third-order valence-electron chi connectivity index (χ3n) is 2.96. The number of para-hydroxylation sites is 1. The fourth-order valence-corrected chi connectivity index (χ4v) is 2.73. The summed E-state index contributed by atoms with van der Waals surface area (Å²) in [5, 5.41) is 12.0. The van der Waals surface area contributed by atoms with Crippen molar-refractivity contribution in [1.82, 2.24) is 4.98 Å². The minimum absolute atomic E-state index is 0.363. The van der Waals surface area contributed by atoms with Gasteiger partial charge in [-0.3, -0.25) is 0 Å². The minimum atomic E-state index is 0.363. The second-order valence-electron chi connectivity index (χ2n) is 4.41. The lowest BCUT2D eigenvalue weighted by atomic mass is 10.2. The van der Waals surface area contributed by atoms with E-state index in [0.29, 0.717) is 17.9 Å². The largest absolute Gasteiger partial charge is 0.486 e. The van der Waals surface area contributed by atoms with Crippen molar-refractivity contribution in [2.45, 2.75) is 6.61 Å². The van der Waals surface area contributed by atoms with E-state index >= 15 is 0 Å². The summed E-state index contributed by atoms with van der Waals surface area (Å²) in [6.07, 6.45) is 0. The van der Waals surface area contributed by atoms with Gasteiger partial charge in [0.05, 0.1) is 11.3 Å². The lowest BCUT2D eigenvalue weighted by Crippen LogP contribution is -1.97. The summed E-state index contributed by atoms with van der Waals surface area (Å²) in [6, 6.07) is 19.4. The van der Waals surface area contributed by atoms with Gasteiger partial charge in [0.15, 0.2) is 0 Å². The van der Waals surface area contributed by atoms with Gasteiger partial charge in [0.2, 0.25) is 0 Å². The van der Waals surface area contributed by atoms with Crippen molar-refractivity contribution < 1.29 is 4.74 Å². The van der Waals surface area contributed by atoms with Crippen molar-refractivity contribution >= 4 is 11.3 Å². The van der Waals surface area contributed by atoms with Crippen molar-refractivity contribution in [3.8, 4) is 22.4 Å². The van der Waals surface area contributed by atoms with Crippen LogP contribution in [0.15, 0.2) is 60.0 Å². The average Bonchev–Trinajstić information content (AvgIpc) is 3.03. The van der Waals surface area contributed by atoms with E-state index < -0.39 is 0 Å². The fraction of sp³-hybridized carbons (Fsp3) is 0.0588. The number of nitriles is 1. The number of hydrogen-bond donors (Lipinski definition) is 0. The number of aromatic nitrogens is 1. The van der Waals surface area contributed by atoms with E-state index in [1.807, 2.05) is 47.8 Å². The highest BCUT2D eigenvalue weighted by molar-refractivity contribution is 7.13. The second kappa shape index (κ2) is 6.21. The number of nitrogens with zero attached hydrogens (tertiary/aromatic N) is 2. The van der Waals surface area contributed by atoms with Gasteiger partial charge < -0.3 is 4.74 Å². The van der Waals surface area contributed by atoms with Gasteiger partial charge in [0.25, 0.3) is 0 Å². The Hall–Kier alpha value is -2.64. The van der Waals surface area contributed by atoms with E-state index in [1.54, 1.807) is 23.5 Å². The van der Waals surface area contributed by atoms with Crippen LogP contribution < -0.4 is 4.74 Å². The van der Waals surface area contributed by atoms with Crippen molar-refractivity contribution in [3.63, 3.8) is 0 Å². The summed E-state index contributed by atoms with van der Waals surface area (Å²) in [4.78, 5) is 4.56. The standard InChI is InChI=1S/C17H12N2OS/c18-10-14-8-4-5-9-16(14)20-11-15-12-21-17(19-15)13-6-2-1-3-7-13/h1-9,12H,11H2. The van der Waals surface area contributed by atoms with Gasteiger partial charge in [0, 0.05) is 10.9 Å². The molecule has 2 aromatic carbocycles. The van der Waals surface area contributed by atoms with E-state index in [9.17, 15) is 0 Å². The van der Waals surface area contributed by atoms with Gasteiger partial charge in [-0.25, -0.2) is 4.98 Å². The Balaban J connectivity index is 1.72. The molecule has 3 aromatic rings. The van der Waals surface area contributed by atoms with Gasteiger partial charge in [-0.05, 0) is 12.1 Å². The Morgan fingerprint density at radius 1 is 1.05 bits per heavy atom. The summed E-state index contributed by atoms with van der Waals surface area (Å²) in [5.41, 5.74) is 2.51. The number of hydrogen-bond acceptors (Lipinski definition) is 4. The topological polar surface area (TPSA) is 45.9 Å². The summed E-state index contributed by atoms with van der Waals surface area (Å²) in [7, 11) is 0. The van der Waals surface area contributed by atoms with E-state index in [2.05, 4.69) is 11.1 Å². The van der Waals surface area contributed by atoms with Crippen LogP contribution in [0.4, 0.5) is 0 Å². The van der Waals surface area contributed by atoms with Gasteiger partial charge >= 0.3 is 0 Å². The maximum Gasteiger partial charge on any atom is 0.137 e. The van der Waals surface area contributed by atoms with Crippen LogP contribution >= 0.6 is 11.3 Å². The molecule has 0 fully saturated rings. The predicted octanol–water partition coefficient (Wildman–Crippen LogP) is 4.26. The summed E-state index contributed by atoms with van der Waals surface area (Å²) >= 11 is 1.59. The van der Waals surface area contributed by atoms with Crippen molar-refractivity contribution in [2.24, 2.45) is 0 Å². The molecule has 0 aliphatic heterocycles. The molecule has 0 aliphatic carbocycles. The Morgan fingerprint density at radius 2 is 1.81 bits per heavy atom. The third-order valence-corrected chi connectivity index (χ3v) is 3.90. The zero-order valence-electron chi connectivity index (χ0n) is 11.2. The average molecular weight is 292 g/mol. The first-order chi connectivity index (χ1) is 10.4. The van der Waals surface area contributed by atoms with Gasteiger partial charge in [-0.1, -0.05) is 42.5 Å². The van der Waals surface area contributed by atoms with Crippen LogP contribution in [-0.4, -0.2) is 4.98 Å². The zero-order valence-corrected chi connectivity index (χ0v) is 12.0. The van der Waals surface area contributed by atoms with Crippen molar-refractivity contribution in [2.75, 3.05) is 0 Å². The second-order valence-corrected chi connectivity index (χ2v) is 5.26. The Kier molecular flexibility index (Phi) is 3.95. The molecule has 0 radical (unpaired) electrons. The van der Waals surface area contributed by atoms with Gasteiger partial charge in [-0.15, -0.1) is 11.3 Å². The Labute approximate surface area is 127 Å². The van der Waals surface area contributed by atoms with E-state index in [4.69, 9.17) is 10.00 Å². The molecule has 0 spiro atoms. The SMILES string of the molecule is N#Cc1ccccc1OCc1csc(-c2ccccc2)n1. The summed E-state index contributed by atoms with van der Waals surface area (Å²) in [6.45, 7) is 0.363. The molecule has 1 heterocycles. The first kappa shape index (κ1) is 13.3. The zero-order chi connectivity index (χ0) is 14.5. The maximum absolute atomic E-state index is 9.02. The quantitative estimate of drug-likeness (QED) is 0.721. The molecule has 102 valence electrons. The lowest BCUT2D eigenvalue weighted by molar-refractivity contribution is 0.301. The van der Waals surface area contributed by atoms with Crippen LogP contribution in [-0.2, 0) is 6.61 Å². The van der Waals surface area contributed by atoms with Crippen molar-refractivity contribution in [1.29, 1.82) is 5.26 Å². The van der Waals surface area contributed by atoms with Crippen LogP contribution in [0.2, 0.25) is 0 Å². The maximum atomic E-state index is 9.02. The van der Waals surface area contributed by atoms with Crippen molar-refractivity contribution in [3.05, 3.63) is 71.2 Å². The highest BCUT2D eigenvalue weighted by Crippen LogP contribution is 2.24. The van der Waals surface area contributed by atoms with Crippen LogP contribution in [0.1, 0.15) is 11.3 Å². The van der Waals surface area contributed by atoms with Gasteiger partial charge in [-0.2, -0.15) is 5.26 Å². The molecule has 0 N–H and O–H groups in total. The summed E-state index contributed by atoms with van der Waals surface area (Å²) < 4.78 is 5.68. The number of thiazole rings is 1. The van der Waals surface area contributed by atoms with Crippen LogP contribution in [0.25, 0.3) is 10.6 Å². The normalized spacial score (nSPS) is 10.0. The molecule has 1 aromatic heterocycles. The molecule has 0 aliphatic rings. The lowest BCUT2D eigenvalue weighted by Gasteiger charge is -2.05. The highest BCUT2D eigenvalue weighted by atomic mass is 32.1. The molecular formula is C17H12N2OS. The van der Waals surface area contributed by atoms with E-state index in [1.165, 1.54) is 0 Å². The number of benzene rings is 2.